The molecule has 0 radical (unpaired) electrons. The van der Waals surface area contributed by atoms with E-state index in [2.05, 4.69) is 5.32 Å². The number of fused-ring (bicyclic) bond motifs is 1. The standard InChI is InChI=1S/C23H26F6N2O4/c1-3-34-19(33)31-11-20(5-4-18(32)30-20)9-17-10-21(17,31)12-35-13(2)14-6-15(22(24,25)26)8-16(7-14)23(27,28)29/h6-8,13,17H,3-5,9-12H2,1-2H3,(H,30,32)/t13-,17?,20-,21+/m1/s1. The summed E-state index contributed by atoms with van der Waals surface area (Å²) in [6.07, 6.45) is -9.55. The number of amides is 2. The second-order valence-corrected chi connectivity index (χ2v) is 9.61. The lowest BCUT2D eigenvalue weighted by Gasteiger charge is -2.44. The Kier molecular flexibility index (Phi) is 6.26. The van der Waals surface area contributed by atoms with E-state index >= 15 is 0 Å². The lowest BCUT2D eigenvalue weighted by atomic mass is 9.84. The maximum atomic E-state index is 13.2. The van der Waals surface area contributed by atoms with Gasteiger partial charge in [0.2, 0.25) is 5.91 Å². The number of hydrogen-bond acceptors (Lipinski definition) is 4. The number of carbonyl (C=O) groups excluding carboxylic acids is 2. The van der Waals surface area contributed by atoms with Crippen LogP contribution in [-0.2, 0) is 26.6 Å². The zero-order valence-corrected chi connectivity index (χ0v) is 19.2. The van der Waals surface area contributed by atoms with Crippen molar-refractivity contribution in [3.05, 3.63) is 34.9 Å². The van der Waals surface area contributed by atoms with E-state index < -0.39 is 46.8 Å². The van der Waals surface area contributed by atoms with Gasteiger partial charge in [0.05, 0.1) is 41.5 Å². The summed E-state index contributed by atoms with van der Waals surface area (Å²) in [7, 11) is 0. The predicted molar refractivity (Wildman–Crippen MR) is 110 cm³/mol. The number of halogens is 6. The number of likely N-dealkylation sites (tertiary alicyclic amines) is 1. The Hall–Kier alpha value is -2.50. The topological polar surface area (TPSA) is 67.9 Å². The minimum atomic E-state index is -4.96. The van der Waals surface area contributed by atoms with Gasteiger partial charge in [-0.25, -0.2) is 4.79 Å². The molecule has 1 N–H and O–H groups in total. The fourth-order valence-electron chi connectivity index (χ4n) is 5.28. The largest absolute Gasteiger partial charge is 0.450 e. The Morgan fingerprint density at radius 3 is 2.29 bits per heavy atom. The zero-order valence-electron chi connectivity index (χ0n) is 19.2. The highest BCUT2D eigenvalue weighted by Crippen LogP contribution is 2.58. The first-order valence-corrected chi connectivity index (χ1v) is 11.4. The van der Waals surface area contributed by atoms with Crippen molar-refractivity contribution in [3.8, 4) is 0 Å². The Morgan fingerprint density at radius 2 is 1.77 bits per heavy atom. The molecule has 6 nitrogen and oxygen atoms in total. The van der Waals surface area contributed by atoms with Crippen molar-refractivity contribution in [3.63, 3.8) is 0 Å². The highest BCUT2D eigenvalue weighted by molar-refractivity contribution is 5.80. The maximum absolute atomic E-state index is 13.2. The first-order chi connectivity index (χ1) is 16.2. The summed E-state index contributed by atoms with van der Waals surface area (Å²) in [5, 5.41) is 2.96. The van der Waals surface area contributed by atoms with Gasteiger partial charge in [0.15, 0.2) is 0 Å². The molecule has 2 heterocycles. The van der Waals surface area contributed by atoms with Crippen molar-refractivity contribution in [2.45, 2.75) is 69.1 Å². The van der Waals surface area contributed by atoms with E-state index in [9.17, 15) is 35.9 Å². The Balaban J connectivity index is 1.55. The number of piperidine rings is 1. The Morgan fingerprint density at radius 1 is 1.14 bits per heavy atom. The summed E-state index contributed by atoms with van der Waals surface area (Å²) in [6, 6.07) is 1.37. The highest BCUT2D eigenvalue weighted by atomic mass is 19.4. The number of alkyl halides is 6. The molecule has 3 aliphatic rings. The van der Waals surface area contributed by atoms with Gasteiger partial charge in [0.25, 0.3) is 0 Å². The molecule has 1 aromatic rings. The molecule has 194 valence electrons. The van der Waals surface area contributed by atoms with E-state index in [4.69, 9.17) is 9.47 Å². The zero-order chi connectivity index (χ0) is 25.8. The second-order valence-electron chi connectivity index (χ2n) is 9.61. The average molecular weight is 508 g/mol. The summed E-state index contributed by atoms with van der Waals surface area (Å²) in [6.45, 7) is 3.26. The lowest BCUT2D eigenvalue weighted by Crippen LogP contribution is -2.61. The number of nitrogens with one attached hydrogen (secondary N) is 1. The van der Waals surface area contributed by atoms with E-state index in [1.807, 2.05) is 0 Å². The van der Waals surface area contributed by atoms with Gasteiger partial charge in [0, 0.05) is 13.0 Å². The molecule has 4 rings (SSSR count). The maximum Gasteiger partial charge on any atom is 0.416 e. The molecule has 2 amide bonds. The summed E-state index contributed by atoms with van der Waals surface area (Å²) >= 11 is 0. The number of rotatable bonds is 5. The summed E-state index contributed by atoms with van der Waals surface area (Å²) in [5.74, 6) is -0.143. The van der Waals surface area contributed by atoms with Crippen LogP contribution in [0.2, 0.25) is 0 Å². The second kappa shape index (κ2) is 8.56. The summed E-state index contributed by atoms with van der Waals surface area (Å²) in [4.78, 5) is 26.1. The van der Waals surface area contributed by atoms with E-state index in [1.165, 1.54) is 11.8 Å². The summed E-state index contributed by atoms with van der Waals surface area (Å²) in [5.41, 5.74) is -4.44. The summed E-state index contributed by atoms with van der Waals surface area (Å²) < 4.78 is 90.4. The molecule has 1 aromatic carbocycles. The number of hydrogen-bond donors (Lipinski definition) is 1. The van der Waals surface area contributed by atoms with Crippen LogP contribution in [0.25, 0.3) is 0 Å². The molecular formula is C23H26F6N2O4. The van der Waals surface area contributed by atoms with Gasteiger partial charge in [0.1, 0.15) is 0 Å². The number of ether oxygens (including phenoxy) is 2. The van der Waals surface area contributed by atoms with Crippen molar-refractivity contribution < 1.29 is 45.4 Å². The number of carbonyl (C=O) groups is 2. The molecule has 1 unspecified atom stereocenters. The molecule has 3 fully saturated rings. The lowest BCUT2D eigenvalue weighted by molar-refractivity contribution is -0.143. The van der Waals surface area contributed by atoms with Crippen LogP contribution < -0.4 is 5.32 Å². The molecule has 0 aromatic heterocycles. The molecule has 0 bridgehead atoms. The van der Waals surface area contributed by atoms with E-state index in [0.29, 0.717) is 37.8 Å². The van der Waals surface area contributed by atoms with Crippen molar-refractivity contribution in [2.75, 3.05) is 19.8 Å². The van der Waals surface area contributed by atoms with Crippen LogP contribution >= 0.6 is 0 Å². The van der Waals surface area contributed by atoms with E-state index in [0.717, 1.165) is 0 Å². The molecule has 35 heavy (non-hydrogen) atoms. The van der Waals surface area contributed by atoms with Crippen LogP contribution in [0.5, 0.6) is 0 Å². The monoisotopic (exact) mass is 508 g/mol. The van der Waals surface area contributed by atoms with Crippen molar-refractivity contribution >= 4 is 12.0 Å². The van der Waals surface area contributed by atoms with Crippen molar-refractivity contribution in [2.24, 2.45) is 5.92 Å². The third-order valence-electron chi connectivity index (χ3n) is 7.22. The molecule has 2 aliphatic heterocycles. The van der Waals surface area contributed by atoms with Crippen LogP contribution in [0.4, 0.5) is 31.1 Å². The number of nitrogens with zero attached hydrogens (tertiary/aromatic N) is 1. The van der Waals surface area contributed by atoms with E-state index in [1.54, 1.807) is 6.92 Å². The minimum Gasteiger partial charge on any atom is -0.450 e. The van der Waals surface area contributed by atoms with Gasteiger partial charge in [-0.15, -0.1) is 0 Å². The van der Waals surface area contributed by atoms with Gasteiger partial charge in [-0.2, -0.15) is 26.3 Å². The van der Waals surface area contributed by atoms with Gasteiger partial charge < -0.3 is 14.8 Å². The number of benzene rings is 1. The first-order valence-electron chi connectivity index (χ1n) is 11.4. The molecule has 12 heteroatoms. The average Bonchev–Trinajstić information content (AvgIpc) is 3.36. The molecule has 1 saturated carbocycles. The van der Waals surface area contributed by atoms with Gasteiger partial charge in [-0.3, -0.25) is 9.69 Å². The van der Waals surface area contributed by atoms with Crippen molar-refractivity contribution in [1.82, 2.24) is 10.2 Å². The molecular weight excluding hydrogens is 482 g/mol. The fraction of sp³-hybridized carbons (Fsp3) is 0.652. The normalized spacial score (nSPS) is 29.1. The molecule has 4 atom stereocenters. The minimum absolute atomic E-state index is 0.0431. The van der Waals surface area contributed by atoms with Crippen LogP contribution in [0.1, 0.15) is 62.3 Å². The van der Waals surface area contributed by atoms with Crippen LogP contribution in [-0.4, -0.2) is 47.7 Å². The third kappa shape index (κ3) is 4.94. The molecule has 2 saturated heterocycles. The van der Waals surface area contributed by atoms with E-state index in [-0.39, 0.29) is 43.2 Å². The van der Waals surface area contributed by atoms with Gasteiger partial charge >= 0.3 is 18.4 Å². The molecule has 1 spiro atoms. The smallest absolute Gasteiger partial charge is 0.416 e. The Bertz CT molecular complexity index is 980. The quantitative estimate of drug-likeness (QED) is 0.564. The van der Waals surface area contributed by atoms with Gasteiger partial charge in [-0.05, 0) is 62.8 Å². The van der Waals surface area contributed by atoms with Crippen molar-refractivity contribution in [1.29, 1.82) is 0 Å². The van der Waals surface area contributed by atoms with Crippen LogP contribution in [0.3, 0.4) is 0 Å². The third-order valence-corrected chi connectivity index (χ3v) is 7.22. The molecule has 1 aliphatic carbocycles. The first kappa shape index (κ1) is 25.6. The van der Waals surface area contributed by atoms with Crippen LogP contribution in [0.15, 0.2) is 18.2 Å². The predicted octanol–water partition coefficient (Wildman–Crippen LogP) is 5.07. The Labute approximate surface area is 197 Å². The van der Waals surface area contributed by atoms with Crippen LogP contribution in [0, 0.1) is 5.92 Å². The SMILES string of the molecule is CCOC(=O)N1C[C@@]2(CCC(=O)N2)CC2C[C@]21CO[C@H](C)c1cc(C(F)(F)F)cc(C(F)(F)F)c1. The highest BCUT2D eigenvalue weighted by Gasteiger charge is 2.67. The fourth-order valence-corrected chi connectivity index (χ4v) is 5.28. The van der Waals surface area contributed by atoms with Gasteiger partial charge in [-0.1, -0.05) is 0 Å².